The third-order valence-electron chi connectivity index (χ3n) is 25.8. The first-order chi connectivity index (χ1) is 67.9. The maximum atomic E-state index is 15.6. The van der Waals surface area contributed by atoms with Gasteiger partial charge in [0.1, 0.15) is 42.3 Å². The molecule has 0 radical (unpaired) electrons. The van der Waals surface area contributed by atoms with E-state index in [2.05, 4.69) is 79.8 Å². The largest absolute Gasteiger partial charge is 0.355 e. The van der Waals surface area contributed by atoms with Crippen molar-refractivity contribution in [1.82, 2.24) is 119 Å². The van der Waals surface area contributed by atoms with E-state index < -0.39 is 101 Å². The normalized spacial score (nSPS) is 13.0. The Kier molecular flexibility index (Phi) is 71.0. The lowest BCUT2D eigenvalue weighted by molar-refractivity contribution is -0.134. The topological polar surface area (TPSA) is 462 Å². The molecule has 0 fully saturated rings. The number of benzene rings is 2. The zero-order valence-electron chi connectivity index (χ0n) is 88.9. The molecule has 2 aromatic rings. The van der Waals surface area contributed by atoms with Crippen molar-refractivity contribution in [3.05, 3.63) is 71.8 Å². The summed E-state index contributed by atoms with van der Waals surface area (Å²) < 4.78 is 0. The zero-order valence-corrected chi connectivity index (χ0v) is 88.9. The first-order valence-electron chi connectivity index (χ1n) is 53.1. The minimum Gasteiger partial charge on any atom is -0.355 e. The van der Waals surface area contributed by atoms with Crippen molar-refractivity contribution in [1.29, 1.82) is 0 Å². The van der Waals surface area contributed by atoms with Gasteiger partial charge in [-0.15, -0.1) is 0 Å². The van der Waals surface area contributed by atoms with E-state index in [0.29, 0.717) is 175 Å². The molecule has 7 unspecified atom stereocenters. The SMILES string of the molecule is CCN(CC)CC(=O)NCCCCC(NC(=O)CN(CC)CC)C(=O)NCCCCC(NC(=O)C(CCCCNC(=O)CN(CC)CC)NC(=O)CN(CC)CC)C(=O)NCCCCC(NC(=O)C(CCCCNC(=O)C(CCCCNC(=O)CN(CC)CC)NC(=O)CN(CC)CC)NC(=O)C(CCCCNC(=O)CN(CC)CC)NC(=O)CN(CC)CC)C(=O)NC(c1ccccc1)c1ccccc1. The summed E-state index contributed by atoms with van der Waals surface area (Å²) in [5.74, 6) is -5.97. The minimum absolute atomic E-state index is 0.00588. The molecule has 0 heterocycles. The molecule has 0 saturated heterocycles. The average molecular weight is 1990 g/mol. The Bertz CT molecular complexity index is 3810. The molecule has 0 saturated carbocycles. The number of unbranched alkanes of at least 4 members (excludes halogenated alkanes) is 7. The molecule has 7 atom stereocenters. The Labute approximate surface area is 843 Å². The van der Waals surface area contributed by atoms with Crippen LogP contribution in [-0.2, 0) is 71.9 Å². The number of rotatable bonds is 84. The molecular weight excluding hydrogens is 1800 g/mol. The summed E-state index contributed by atoms with van der Waals surface area (Å²) in [6, 6.07) is 9.97. The highest BCUT2D eigenvalue weighted by atomic mass is 16.2. The van der Waals surface area contributed by atoms with Crippen molar-refractivity contribution in [2.75, 3.05) is 203 Å². The van der Waals surface area contributed by atoms with Crippen LogP contribution >= 0.6 is 0 Å². The Morgan fingerprint density at radius 3 is 0.532 bits per heavy atom. The summed E-state index contributed by atoms with van der Waals surface area (Å²) in [5.41, 5.74) is 1.47. The van der Waals surface area contributed by atoms with Crippen molar-refractivity contribution >= 4 is 88.6 Å². The number of nitrogens with one attached hydrogen (secondary N) is 15. The van der Waals surface area contributed by atoms with Crippen LogP contribution in [0.1, 0.15) is 263 Å². The van der Waals surface area contributed by atoms with Crippen LogP contribution in [0.25, 0.3) is 0 Å². The summed E-state index contributed by atoms with van der Waals surface area (Å²) in [4.78, 5) is 226. The lowest BCUT2D eigenvalue weighted by Gasteiger charge is -2.28. The van der Waals surface area contributed by atoms with Gasteiger partial charge in [-0.2, -0.15) is 0 Å². The molecule has 15 amide bonds. The number of carbonyl (C=O) groups is 15. The van der Waals surface area contributed by atoms with Crippen molar-refractivity contribution in [3.8, 4) is 0 Å². The van der Waals surface area contributed by atoms with Crippen LogP contribution in [0, 0.1) is 0 Å². The Morgan fingerprint density at radius 2 is 0.340 bits per heavy atom. The van der Waals surface area contributed by atoms with Gasteiger partial charge in [-0.3, -0.25) is 111 Å². The predicted molar refractivity (Wildman–Crippen MR) is 557 cm³/mol. The van der Waals surface area contributed by atoms with E-state index in [9.17, 15) is 57.5 Å². The molecule has 38 heteroatoms. The van der Waals surface area contributed by atoms with Gasteiger partial charge < -0.3 is 79.8 Å². The van der Waals surface area contributed by atoms with Crippen molar-refractivity contribution in [2.24, 2.45) is 0 Å². The third-order valence-corrected chi connectivity index (χ3v) is 25.8. The number of hydrogen-bond donors (Lipinski definition) is 15. The fourth-order valence-corrected chi connectivity index (χ4v) is 16.2. The smallest absolute Gasteiger partial charge is 0.243 e. The Balaban J connectivity index is 2.82. The average Bonchev–Trinajstić information content (AvgIpc) is 0.831. The fourth-order valence-electron chi connectivity index (χ4n) is 16.2. The number of likely N-dealkylation sites (N-methyl/N-ethyl adjacent to an activating group) is 8. The van der Waals surface area contributed by atoms with Crippen LogP contribution in [0.5, 0.6) is 0 Å². The molecule has 0 spiro atoms. The summed E-state index contributed by atoms with van der Waals surface area (Å²) in [5, 5.41) is 44.8. The first kappa shape index (κ1) is 127. The van der Waals surface area contributed by atoms with Gasteiger partial charge in [-0.1, -0.05) is 171 Å². The summed E-state index contributed by atoms with van der Waals surface area (Å²) in [6.07, 6.45) is 6.31. The van der Waals surface area contributed by atoms with Crippen molar-refractivity contribution < 1.29 is 71.9 Å². The highest BCUT2D eigenvalue weighted by molar-refractivity contribution is 5.96. The van der Waals surface area contributed by atoms with E-state index in [0.717, 1.165) is 37.3 Å². The van der Waals surface area contributed by atoms with E-state index in [1.807, 2.05) is 211 Å². The van der Waals surface area contributed by atoms with Gasteiger partial charge in [0.05, 0.1) is 58.4 Å². The molecule has 0 aliphatic carbocycles. The zero-order chi connectivity index (χ0) is 104. The molecule has 15 N–H and O–H groups in total. The summed E-state index contributed by atoms with van der Waals surface area (Å²) >= 11 is 0. The fraction of sp³-hybridized carbons (Fsp3) is 0.738. The van der Waals surface area contributed by atoms with Crippen molar-refractivity contribution in [3.63, 3.8) is 0 Å². The third kappa shape index (κ3) is 56.7. The van der Waals surface area contributed by atoms with Gasteiger partial charge in [-0.05, 0) is 251 Å². The number of hydrogen-bond acceptors (Lipinski definition) is 23. The maximum absolute atomic E-state index is 15.6. The van der Waals surface area contributed by atoms with Gasteiger partial charge in [0.15, 0.2) is 0 Å². The molecule has 0 bridgehead atoms. The van der Waals surface area contributed by atoms with Crippen LogP contribution < -0.4 is 79.8 Å². The van der Waals surface area contributed by atoms with Gasteiger partial charge in [-0.25, -0.2) is 0 Å². The van der Waals surface area contributed by atoms with E-state index in [1.54, 1.807) is 0 Å². The second-order valence-electron chi connectivity index (χ2n) is 35.9. The number of amides is 15. The lowest BCUT2D eigenvalue weighted by Crippen LogP contribution is -2.57. The van der Waals surface area contributed by atoms with E-state index in [4.69, 9.17) is 0 Å². The Morgan fingerprint density at radius 1 is 0.184 bits per heavy atom. The minimum atomic E-state index is -1.35. The van der Waals surface area contributed by atoms with Gasteiger partial charge >= 0.3 is 0 Å². The lowest BCUT2D eigenvalue weighted by atomic mass is 9.97. The maximum Gasteiger partial charge on any atom is 0.243 e. The second-order valence-corrected chi connectivity index (χ2v) is 35.9. The molecule has 802 valence electrons. The monoisotopic (exact) mass is 1980 g/mol. The quantitative estimate of drug-likeness (QED) is 0.0416. The molecule has 141 heavy (non-hydrogen) atoms. The molecule has 2 aromatic carbocycles. The first-order valence-corrected chi connectivity index (χ1v) is 53.1. The number of nitrogens with zero attached hydrogens (tertiary/aromatic N) is 8. The second kappa shape index (κ2) is 78.7. The van der Waals surface area contributed by atoms with E-state index >= 15 is 14.4 Å². The van der Waals surface area contributed by atoms with Crippen LogP contribution in [0.2, 0.25) is 0 Å². The molecule has 2 rings (SSSR count). The van der Waals surface area contributed by atoms with Crippen LogP contribution in [0.15, 0.2) is 60.7 Å². The van der Waals surface area contributed by atoms with Gasteiger partial charge in [0, 0.05) is 45.8 Å². The Hall–Kier alpha value is -9.83. The highest BCUT2D eigenvalue weighted by Crippen LogP contribution is 2.23. The van der Waals surface area contributed by atoms with Gasteiger partial charge in [0.25, 0.3) is 0 Å². The standard InChI is InChI=1S/C103H185N23O15/c1-17-119(18-2)71-88(127)104-64-46-39-57-81(111-92(131)75-123(25-9)26-10)97(135)108-68-50-43-59-83(115-100(138)84(113-94(133)77-125(29-13)30-14)60-41-48-66-106-90(129)73-121(21-5)22-6)99(137)110-70-52-45-63-87(103(141)118-96(79-53-35-33-36-54-79)80-55-37-34-38-56-80)117-102(140)86(116-101(139)85(114-95(134)78-126(31-15)32-16)61-42-49-67-107-91(130)74-122(23-7)24-8)62-44-51-69-109-98(136)82(112-93(132)76-124(27-11)28-12)58-40-47-65-105-89(128)72-120(19-3)20-4/h33-38,53-56,81-87,96H,17-32,39-52,57-78H2,1-16H3,(H,104,127)(H,105,128)(H,106,129)(H,107,130)(H,108,135)(H,109,136)(H,110,137)(H,111,131)(H,112,132)(H,113,133)(H,114,134)(H,115,138)(H,116,139)(H,117,140)(H,118,141). The molecule has 38 nitrogen and oxygen atoms in total. The van der Waals surface area contributed by atoms with Crippen LogP contribution in [0.4, 0.5) is 0 Å². The summed E-state index contributed by atoms with van der Waals surface area (Å²) in [7, 11) is 0. The van der Waals surface area contributed by atoms with Crippen molar-refractivity contribution in [2.45, 2.75) is 294 Å². The highest BCUT2D eigenvalue weighted by Gasteiger charge is 2.34. The molecular formula is C103H185N23O15. The molecule has 0 aromatic heterocycles. The predicted octanol–water partition coefficient (Wildman–Crippen LogP) is 4.03. The van der Waals surface area contributed by atoms with E-state index in [1.165, 1.54) is 0 Å². The molecule has 0 aliphatic heterocycles. The summed E-state index contributed by atoms with van der Waals surface area (Å²) in [6.45, 7) is 44.5. The van der Waals surface area contributed by atoms with Crippen LogP contribution in [0.3, 0.4) is 0 Å². The van der Waals surface area contributed by atoms with E-state index in [-0.39, 0.29) is 172 Å². The molecule has 0 aliphatic rings. The van der Waals surface area contributed by atoms with Gasteiger partial charge in [0.2, 0.25) is 88.6 Å². The number of carbonyl (C=O) groups excluding carboxylic acids is 15. The van der Waals surface area contributed by atoms with Crippen LogP contribution in [-0.4, -0.2) is 373 Å².